The molecule has 2 heterocycles. The Bertz CT molecular complexity index is 467. The molecule has 0 aromatic carbocycles. The van der Waals surface area contributed by atoms with Crippen LogP contribution in [0.2, 0.25) is 0 Å². The Kier molecular flexibility index (Phi) is 5.76. The third-order valence-electron chi connectivity index (χ3n) is 3.63. The van der Waals surface area contributed by atoms with Gasteiger partial charge in [-0.2, -0.15) is 0 Å². The Morgan fingerprint density at radius 2 is 2.19 bits per heavy atom. The van der Waals surface area contributed by atoms with Gasteiger partial charge >= 0.3 is 0 Å². The van der Waals surface area contributed by atoms with Crippen LogP contribution < -0.4 is 10.2 Å². The quantitative estimate of drug-likeness (QED) is 0.826. The summed E-state index contributed by atoms with van der Waals surface area (Å²) in [6.45, 7) is 9.22. The lowest BCUT2D eigenvalue weighted by Gasteiger charge is -2.34. The van der Waals surface area contributed by atoms with Gasteiger partial charge in [0.15, 0.2) is 0 Å². The predicted octanol–water partition coefficient (Wildman–Crippen LogP) is 1.37. The van der Waals surface area contributed by atoms with Crippen LogP contribution in [0.1, 0.15) is 31.7 Å². The largest absolute Gasteiger partial charge is 0.394 e. The van der Waals surface area contributed by atoms with E-state index in [0.29, 0.717) is 13.2 Å². The number of morpholine rings is 1. The van der Waals surface area contributed by atoms with Gasteiger partial charge in [-0.15, -0.1) is 0 Å². The van der Waals surface area contributed by atoms with Gasteiger partial charge in [0.2, 0.25) is 0 Å². The third-order valence-corrected chi connectivity index (χ3v) is 3.63. The smallest absolute Gasteiger partial charge is 0.137 e. The van der Waals surface area contributed by atoms with E-state index in [1.807, 2.05) is 6.92 Å². The van der Waals surface area contributed by atoms with E-state index >= 15 is 0 Å². The number of aromatic nitrogens is 2. The van der Waals surface area contributed by atoms with Gasteiger partial charge in [-0.05, 0) is 20.3 Å². The Labute approximate surface area is 126 Å². The van der Waals surface area contributed by atoms with E-state index in [-0.39, 0.29) is 12.7 Å². The van der Waals surface area contributed by atoms with Crippen LogP contribution in [0.4, 0.5) is 11.6 Å². The Balaban J connectivity index is 2.31. The van der Waals surface area contributed by atoms with Crippen molar-refractivity contribution in [1.82, 2.24) is 9.97 Å². The fourth-order valence-electron chi connectivity index (χ4n) is 2.55. The molecule has 0 spiro atoms. The van der Waals surface area contributed by atoms with Gasteiger partial charge in [-0.25, -0.2) is 9.97 Å². The number of nitrogens with one attached hydrogen (secondary N) is 1. The molecule has 1 fully saturated rings. The van der Waals surface area contributed by atoms with Crippen molar-refractivity contribution in [1.29, 1.82) is 0 Å². The van der Waals surface area contributed by atoms with Gasteiger partial charge in [0.05, 0.1) is 19.3 Å². The SMILES string of the molecule is CCCc1nc(NCC)c(C)c(N2CCOC(CO)C2)n1. The van der Waals surface area contributed by atoms with Crippen molar-refractivity contribution in [3.63, 3.8) is 0 Å². The van der Waals surface area contributed by atoms with Crippen molar-refractivity contribution < 1.29 is 9.84 Å². The number of rotatable bonds is 6. The summed E-state index contributed by atoms with van der Waals surface area (Å²) in [4.78, 5) is 11.5. The number of hydrogen-bond acceptors (Lipinski definition) is 6. The molecule has 1 aliphatic heterocycles. The number of ether oxygens (including phenoxy) is 1. The Hall–Kier alpha value is -1.40. The van der Waals surface area contributed by atoms with E-state index in [2.05, 4.69) is 29.0 Å². The highest BCUT2D eigenvalue weighted by Crippen LogP contribution is 2.25. The number of nitrogens with zero attached hydrogens (tertiary/aromatic N) is 3. The topological polar surface area (TPSA) is 70.5 Å². The van der Waals surface area contributed by atoms with Gasteiger partial charge in [-0.3, -0.25) is 0 Å². The van der Waals surface area contributed by atoms with Gasteiger partial charge in [0.1, 0.15) is 17.5 Å². The first-order valence-corrected chi connectivity index (χ1v) is 7.78. The summed E-state index contributed by atoms with van der Waals surface area (Å²) in [6.07, 6.45) is 1.76. The zero-order valence-electron chi connectivity index (χ0n) is 13.2. The second-order valence-electron chi connectivity index (χ2n) is 5.34. The molecule has 21 heavy (non-hydrogen) atoms. The minimum Gasteiger partial charge on any atom is -0.394 e. The highest BCUT2D eigenvalue weighted by Gasteiger charge is 2.23. The standard InChI is InChI=1S/C15H26N4O2/c1-4-6-13-17-14(16-5-2)11(3)15(18-13)19-7-8-21-12(9-19)10-20/h12,20H,4-10H2,1-3H3,(H,16,17,18). The number of hydrogen-bond donors (Lipinski definition) is 2. The summed E-state index contributed by atoms with van der Waals surface area (Å²) >= 11 is 0. The second kappa shape index (κ2) is 7.56. The zero-order chi connectivity index (χ0) is 15.2. The normalized spacial score (nSPS) is 18.9. The van der Waals surface area contributed by atoms with Crippen LogP contribution >= 0.6 is 0 Å². The highest BCUT2D eigenvalue weighted by molar-refractivity contribution is 5.59. The molecule has 118 valence electrons. The molecular formula is C15H26N4O2. The van der Waals surface area contributed by atoms with Gasteiger partial charge in [-0.1, -0.05) is 6.92 Å². The van der Waals surface area contributed by atoms with Gasteiger partial charge in [0.25, 0.3) is 0 Å². The molecule has 0 bridgehead atoms. The molecule has 6 nitrogen and oxygen atoms in total. The highest BCUT2D eigenvalue weighted by atomic mass is 16.5. The summed E-state index contributed by atoms with van der Waals surface area (Å²) < 4.78 is 5.52. The molecule has 6 heteroatoms. The van der Waals surface area contributed by atoms with Crippen molar-refractivity contribution in [3.05, 3.63) is 11.4 Å². The summed E-state index contributed by atoms with van der Waals surface area (Å²) in [6, 6.07) is 0. The lowest BCUT2D eigenvalue weighted by atomic mass is 10.2. The lowest BCUT2D eigenvalue weighted by molar-refractivity contribution is 0.00332. The van der Waals surface area contributed by atoms with Crippen LogP contribution in [0.3, 0.4) is 0 Å². The fraction of sp³-hybridized carbons (Fsp3) is 0.733. The van der Waals surface area contributed by atoms with Crippen LogP contribution in [-0.4, -0.2) is 54.0 Å². The predicted molar refractivity (Wildman–Crippen MR) is 84.0 cm³/mol. The second-order valence-corrected chi connectivity index (χ2v) is 5.34. The number of aliphatic hydroxyl groups is 1. The molecular weight excluding hydrogens is 268 g/mol. The van der Waals surface area contributed by atoms with E-state index in [0.717, 1.165) is 49.0 Å². The van der Waals surface area contributed by atoms with E-state index in [1.54, 1.807) is 0 Å². The van der Waals surface area contributed by atoms with Crippen molar-refractivity contribution in [3.8, 4) is 0 Å². The van der Waals surface area contributed by atoms with Crippen molar-refractivity contribution in [2.75, 3.05) is 43.1 Å². The first kappa shape index (κ1) is 16.0. The average molecular weight is 294 g/mol. The maximum atomic E-state index is 9.31. The number of aliphatic hydroxyl groups excluding tert-OH is 1. The fourth-order valence-corrected chi connectivity index (χ4v) is 2.55. The van der Waals surface area contributed by atoms with E-state index in [1.165, 1.54) is 0 Å². The van der Waals surface area contributed by atoms with Gasteiger partial charge in [0, 0.05) is 31.6 Å². The molecule has 1 atom stereocenters. The zero-order valence-corrected chi connectivity index (χ0v) is 13.2. The molecule has 1 aliphatic rings. The van der Waals surface area contributed by atoms with Crippen molar-refractivity contribution in [2.24, 2.45) is 0 Å². The van der Waals surface area contributed by atoms with E-state index in [4.69, 9.17) is 9.72 Å². The van der Waals surface area contributed by atoms with Crippen LogP contribution in [0.5, 0.6) is 0 Å². The van der Waals surface area contributed by atoms with Crippen molar-refractivity contribution >= 4 is 11.6 Å². The molecule has 1 saturated heterocycles. The molecule has 2 rings (SSSR count). The van der Waals surface area contributed by atoms with Crippen molar-refractivity contribution in [2.45, 2.75) is 39.7 Å². The Morgan fingerprint density at radius 1 is 1.38 bits per heavy atom. The van der Waals surface area contributed by atoms with Crippen LogP contribution in [0.25, 0.3) is 0 Å². The third kappa shape index (κ3) is 3.83. The maximum Gasteiger partial charge on any atom is 0.137 e. The molecule has 1 aromatic rings. The Morgan fingerprint density at radius 3 is 2.86 bits per heavy atom. The maximum absolute atomic E-state index is 9.31. The summed E-state index contributed by atoms with van der Waals surface area (Å²) in [5.41, 5.74) is 1.07. The van der Waals surface area contributed by atoms with Crippen LogP contribution in [0.15, 0.2) is 0 Å². The average Bonchev–Trinajstić information content (AvgIpc) is 2.51. The number of aryl methyl sites for hydroxylation is 1. The molecule has 0 radical (unpaired) electrons. The molecule has 1 aromatic heterocycles. The van der Waals surface area contributed by atoms with Gasteiger partial charge < -0.3 is 20.1 Å². The minimum atomic E-state index is -0.134. The summed E-state index contributed by atoms with van der Waals surface area (Å²) in [5, 5.41) is 12.6. The molecule has 0 aliphatic carbocycles. The van der Waals surface area contributed by atoms with Crippen LogP contribution in [-0.2, 0) is 11.2 Å². The van der Waals surface area contributed by atoms with E-state index in [9.17, 15) is 5.11 Å². The molecule has 1 unspecified atom stereocenters. The minimum absolute atomic E-state index is 0.0442. The van der Waals surface area contributed by atoms with E-state index < -0.39 is 0 Å². The first-order valence-electron chi connectivity index (χ1n) is 7.78. The van der Waals surface area contributed by atoms with Crippen LogP contribution in [0, 0.1) is 6.92 Å². The number of anilines is 2. The summed E-state index contributed by atoms with van der Waals surface area (Å²) in [5.74, 6) is 2.75. The molecule has 0 amide bonds. The molecule has 0 saturated carbocycles. The lowest BCUT2D eigenvalue weighted by Crippen LogP contribution is -2.45. The first-order chi connectivity index (χ1) is 10.2. The monoisotopic (exact) mass is 294 g/mol. The summed E-state index contributed by atoms with van der Waals surface area (Å²) in [7, 11) is 0. The molecule has 2 N–H and O–H groups in total.